The molecule has 5 heteroatoms. The molecule has 0 saturated carbocycles. The van der Waals surface area contributed by atoms with Crippen molar-refractivity contribution >= 4 is 23.5 Å². The molecule has 31 heavy (non-hydrogen) atoms. The molecule has 0 aromatic heterocycles. The van der Waals surface area contributed by atoms with Gasteiger partial charge in [-0.2, -0.15) is 5.26 Å². The van der Waals surface area contributed by atoms with Gasteiger partial charge in [-0.15, -0.1) is 0 Å². The number of hydrogen-bond acceptors (Lipinski definition) is 4. The van der Waals surface area contributed by atoms with E-state index in [0.29, 0.717) is 11.6 Å². The van der Waals surface area contributed by atoms with Crippen molar-refractivity contribution in [2.24, 2.45) is 10.9 Å². The van der Waals surface area contributed by atoms with E-state index in [9.17, 15) is 10.1 Å². The fourth-order valence-electron chi connectivity index (χ4n) is 4.05. The third kappa shape index (κ3) is 5.82. The van der Waals surface area contributed by atoms with E-state index in [-0.39, 0.29) is 0 Å². The summed E-state index contributed by atoms with van der Waals surface area (Å²) in [5, 5.41) is 9.32. The lowest BCUT2D eigenvalue weighted by molar-refractivity contribution is -0.104. The summed E-state index contributed by atoms with van der Waals surface area (Å²) in [5.74, 6) is 1.46. The summed E-state index contributed by atoms with van der Waals surface area (Å²) in [7, 11) is 1.98. The van der Waals surface area contributed by atoms with Gasteiger partial charge in [0.05, 0.1) is 11.6 Å². The van der Waals surface area contributed by atoms with Gasteiger partial charge in [0, 0.05) is 37.2 Å². The van der Waals surface area contributed by atoms with E-state index in [1.807, 2.05) is 44.0 Å². The van der Waals surface area contributed by atoms with Crippen LogP contribution in [0.15, 0.2) is 65.3 Å². The molecule has 3 rings (SSSR count). The molecule has 0 aliphatic carbocycles. The van der Waals surface area contributed by atoms with E-state index in [4.69, 9.17) is 0 Å². The Balaban J connectivity index is 1.58. The molecule has 0 atom stereocenters. The molecule has 0 unspecified atom stereocenters. The van der Waals surface area contributed by atoms with E-state index in [1.165, 1.54) is 17.3 Å². The summed E-state index contributed by atoms with van der Waals surface area (Å²) in [5.41, 5.74) is 4.97. The summed E-state index contributed by atoms with van der Waals surface area (Å²) < 4.78 is 0. The number of carbonyl (C=O) groups excluding carboxylic acids is 1. The van der Waals surface area contributed by atoms with Crippen LogP contribution in [0.1, 0.15) is 37.8 Å². The van der Waals surface area contributed by atoms with Gasteiger partial charge in [-0.3, -0.25) is 4.79 Å². The molecule has 1 aliphatic heterocycles. The number of aliphatic imine (C=N–C) groups is 1. The Kier molecular flexibility index (Phi) is 7.61. The molecule has 1 aliphatic rings. The van der Waals surface area contributed by atoms with Crippen LogP contribution in [0, 0.1) is 17.2 Å². The number of rotatable bonds is 6. The Morgan fingerprint density at radius 3 is 2.48 bits per heavy atom. The molecule has 5 nitrogen and oxygen atoms in total. The molecule has 2 aromatic carbocycles. The molecule has 0 amide bonds. The maximum Gasteiger partial charge on any atom is 0.144 e. The average molecular weight is 415 g/mol. The average Bonchev–Trinajstić information content (AvgIpc) is 2.79. The Bertz CT molecular complexity index is 993. The second kappa shape index (κ2) is 10.6. The van der Waals surface area contributed by atoms with Crippen molar-refractivity contribution < 1.29 is 4.79 Å². The zero-order chi connectivity index (χ0) is 22.2. The van der Waals surface area contributed by atoms with Crippen molar-refractivity contribution in [3.63, 3.8) is 0 Å². The van der Waals surface area contributed by atoms with Crippen LogP contribution in [0.3, 0.4) is 0 Å². The molecule has 0 radical (unpaired) electrons. The first kappa shape index (κ1) is 22.3. The summed E-state index contributed by atoms with van der Waals surface area (Å²) in [6.45, 7) is 5.82. The highest BCUT2D eigenvalue weighted by atomic mass is 16.1. The van der Waals surface area contributed by atoms with Crippen molar-refractivity contribution in [1.82, 2.24) is 0 Å². The molecule has 160 valence electrons. The predicted molar refractivity (Wildman–Crippen MR) is 128 cm³/mol. The Hall–Kier alpha value is -3.39. The monoisotopic (exact) mass is 414 g/mol. The standard InChI is InChI=1S/C26H30N4O/c1-20(14-17-31)28-21(2)29(3)25-8-10-26(11-9-25)30-15-12-22(13-16-30)18-23-6-4-5-7-24(23)19-27/h4-11,14,17,22H,12-13,15-16,18H2,1-3H3/b20-14-,28-21?. The van der Waals surface area contributed by atoms with Crippen LogP contribution >= 0.6 is 0 Å². The van der Waals surface area contributed by atoms with Crippen LogP contribution in [0.4, 0.5) is 11.4 Å². The van der Waals surface area contributed by atoms with Crippen LogP contribution < -0.4 is 9.80 Å². The van der Waals surface area contributed by atoms with Crippen molar-refractivity contribution in [1.29, 1.82) is 5.26 Å². The SMILES string of the molecule is CC(=N/C(C)=C\C=O)N(C)c1ccc(N2CCC(Cc3ccccc3C#N)CC2)cc1. The fraction of sp³-hybridized carbons (Fsp3) is 0.346. The van der Waals surface area contributed by atoms with E-state index in [1.54, 1.807) is 0 Å². The van der Waals surface area contributed by atoms with Gasteiger partial charge in [0.2, 0.25) is 0 Å². The van der Waals surface area contributed by atoms with Crippen molar-refractivity contribution in [3.8, 4) is 6.07 Å². The molecule has 2 aromatic rings. The number of piperidine rings is 1. The number of carbonyl (C=O) groups is 1. The zero-order valence-corrected chi connectivity index (χ0v) is 18.6. The third-order valence-corrected chi connectivity index (χ3v) is 6.00. The van der Waals surface area contributed by atoms with Crippen LogP contribution in [0.25, 0.3) is 0 Å². The van der Waals surface area contributed by atoms with Crippen LogP contribution in [-0.4, -0.2) is 32.3 Å². The molecule has 1 fully saturated rings. The van der Waals surface area contributed by atoms with Gasteiger partial charge < -0.3 is 9.80 Å². The first-order valence-corrected chi connectivity index (χ1v) is 10.8. The number of hydrogen-bond donors (Lipinski definition) is 0. The van der Waals surface area contributed by atoms with Crippen molar-refractivity contribution in [2.45, 2.75) is 33.1 Å². The van der Waals surface area contributed by atoms with Crippen LogP contribution in [0.5, 0.6) is 0 Å². The van der Waals surface area contributed by atoms with Gasteiger partial charge in [0.15, 0.2) is 0 Å². The smallest absolute Gasteiger partial charge is 0.144 e. The first-order chi connectivity index (χ1) is 15.0. The highest BCUT2D eigenvalue weighted by Crippen LogP contribution is 2.28. The fourth-order valence-corrected chi connectivity index (χ4v) is 4.05. The Morgan fingerprint density at radius 1 is 1.16 bits per heavy atom. The van der Waals surface area contributed by atoms with Crippen molar-refractivity contribution in [3.05, 3.63) is 71.4 Å². The summed E-state index contributed by atoms with van der Waals surface area (Å²) in [4.78, 5) is 19.5. The van der Waals surface area contributed by atoms with E-state index in [2.05, 4.69) is 46.3 Å². The third-order valence-electron chi connectivity index (χ3n) is 6.00. The van der Waals surface area contributed by atoms with Gasteiger partial charge >= 0.3 is 0 Å². The van der Waals surface area contributed by atoms with Gasteiger partial charge in [-0.25, -0.2) is 4.99 Å². The molecular formula is C26H30N4O. The number of aldehydes is 1. The second-order valence-corrected chi connectivity index (χ2v) is 8.08. The number of benzene rings is 2. The number of anilines is 2. The predicted octanol–water partition coefficient (Wildman–Crippen LogP) is 4.97. The maximum atomic E-state index is 10.6. The van der Waals surface area contributed by atoms with Crippen LogP contribution in [0.2, 0.25) is 0 Å². The number of allylic oxidation sites excluding steroid dienone is 2. The lowest BCUT2D eigenvalue weighted by Crippen LogP contribution is -2.34. The van der Waals surface area contributed by atoms with Gasteiger partial charge in [0.25, 0.3) is 0 Å². The van der Waals surface area contributed by atoms with E-state index in [0.717, 1.165) is 55.7 Å². The maximum absolute atomic E-state index is 10.6. The van der Waals surface area contributed by atoms with E-state index >= 15 is 0 Å². The molecule has 0 spiro atoms. The summed E-state index contributed by atoms with van der Waals surface area (Å²) in [6.07, 6.45) is 5.47. The van der Waals surface area contributed by atoms with Gasteiger partial charge in [0.1, 0.15) is 12.1 Å². The minimum atomic E-state index is 0.623. The lowest BCUT2D eigenvalue weighted by atomic mass is 9.88. The first-order valence-electron chi connectivity index (χ1n) is 10.8. The topological polar surface area (TPSA) is 59.7 Å². The highest BCUT2D eigenvalue weighted by Gasteiger charge is 2.20. The Morgan fingerprint density at radius 2 is 1.84 bits per heavy atom. The van der Waals surface area contributed by atoms with Crippen LogP contribution in [-0.2, 0) is 11.2 Å². The largest absolute Gasteiger partial charge is 0.372 e. The molecular weight excluding hydrogens is 384 g/mol. The number of amidine groups is 1. The van der Waals surface area contributed by atoms with E-state index < -0.39 is 0 Å². The van der Waals surface area contributed by atoms with Gasteiger partial charge in [-0.1, -0.05) is 18.2 Å². The Labute approximate surface area is 185 Å². The molecule has 1 saturated heterocycles. The summed E-state index contributed by atoms with van der Waals surface area (Å²) in [6, 6.07) is 18.8. The normalized spacial score (nSPS) is 15.5. The zero-order valence-electron chi connectivity index (χ0n) is 18.6. The van der Waals surface area contributed by atoms with Crippen molar-refractivity contribution in [2.75, 3.05) is 29.9 Å². The minimum absolute atomic E-state index is 0.623. The quantitative estimate of drug-likeness (QED) is 0.290. The summed E-state index contributed by atoms with van der Waals surface area (Å²) >= 11 is 0. The molecule has 1 heterocycles. The minimum Gasteiger partial charge on any atom is -0.372 e. The lowest BCUT2D eigenvalue weighted by Gasteiger charge is -2.34. The molecule has 0 bridgehead atoms. The molecule has 0 N–H and O–H groups in total. The van der Waals surface area contributed by atoms with Gasteiger partial charge in [-0.05, 0) is 81.0 Å². The highest BCUT2D eigenvalue weighted by molar-refractivity contribution is 5.96. The second-order valence-electron chi connectivity index (χ2n) is 8.08. The number of nitriles is 1. The number of nitrogens with zero attached hydrogens (tertiary/aromatic N) is 4.